The van der Waals surface area contributed by atoms with Gasteiger partial charge < -0.3 is 26.0 Å². The zero-order valence-corrected chi connectivity index (χ0v) is 22.7. The summed E-state index contributed by atoms with van der Waals surface area (Å²) in [4.78, 5) is 4.49. The predicted octanol–water partition coefficient (Wildman–Crippen LogP) is 5.55. The SMILES string of the molecule is C=C(C1=CC=CNC1)N1CCN(C(O)c2ccc(NC(CCC)c3cccc4c3NCC=C4)c(C)c2)CC1. The van der Waals surface area contributed by atoms with Gasteiger partial charge in [0.25, 0.3) is 0 Å². The number of rotatable bonds is 9. The number of piperazine rings is 1. The summed E-state index contributed by atoms with van der Waals surface area (Å²) in [5, 5.41) is 21.9. The fourth-order valence-corrected chi connectivity index (χ4v) is 5.67. The maximum Gasteiger partial charge on any atom is 0.133 e. The summed E-state index contributed by atoms with van der Waals surface area (Å²) in [7, 11) is 0. The fraction of sp³-hybridized carbons (Fsp3) is 0.375. The molecular weight excluding hydrogens is 470 g/mol. The Labute approximate surface area is 227 Å². The number of dihydropyridines is 1. The molecule has 0 saturated carbocycles. The van der Waals surface area contributed by atoms with Crippen LogP contribution < -0.4 is 16.0 Å². The zero-order valence-electron chi connectivity index (χ0n) is 22.7. The second-order valence-electron chi connectivity index (χ2n) is 10.4. The molecule has 1 saturated heterocycles. The number of aryl methyl sites for hydroxylation is 1. The van der Waals surface area contributed by atoms with E-state index >= 15 is 0 Å². The molecule has 200 valence electrons. The van der Waals surface area contributed by atoms with Crippen molar-refractivity contribution in [2.24, 2.45) is 0 Å². The van der Waals surface area contributed by atoms with E-state index in [9.17, 15) is 5.11 Å². The van der Waals surface area contributed by atoms with Gasteiger partial charge >= 0.3 is 0 Å². The summed E-state index contributed by atoms with van der Waals surface area (Å²) in [5.41, 5.74) is 9.32. The average Bonchev–Trinajstić information content (AvgIpc) is 2.97. The van der Waals surface area contributed by atoms with Crippen molar-refractivity contribution in [2.45, 2.75) is 39.0 Å². The summed E-state index contributed by atoms with van der Waals surface area (Å²) in [6, 6.07) is 13.1. The van der Waals surface area contributed by atoms with Gasteiger partial charge in [0.2, 0.25) is 0 Å². The number of para-hydroxylation sites is 1. The van der Waals surface area contributed by atoms with Crippen LogP contribution in [0, 0.1) is 6.92 Å². The lowest BCUT2D eigenvalue weighted by Gasteiger charge is -2.40. The first-order valence-electron chi connectivity index (χ1n) is 13.9. The van der Waals surface area contributed by atoms with Gasteiger partial charge in [0.05, 0.1) is 6.04 Å². The van der Waals surface area contributed by atoms with Crippen LogP contribution in [0.25, 0.3) is 6.08 Å². The van der Waals surface area contributed by atoms with Crippen LogP contribution in [-0.2, 0) is 0 Å². The number of aliphatic hydroxyl groups is 1. The molecule has 2 atom stereocenters. The van der Waals surface area contributed by atoms with E-state index < -0.39 is 6.23 Å². The molecule has 2 unspecified atom stereocenters. The monoisotopic (exact) mass is 511 g/mol. The third-order valence-corrected chi connectivity index (χ3v) is 7.87. The Kier molecular flexibility index (Phi) is 8.20. The van der Waals surface area contributed by atoms with Crippen LogP contribution in [0.3, 0.4) is 0 Å². The Morgan fingerprint density at radius 1 is 1.16 bits per heavy atom. The molecule has 0 amide bonds. The van der Waals surface area contributed by atoms with Crippen LogP contribution in [0.15, 0.2) is 78.7 Å². The number of aliphatic hydroxyl groups excluding tert-OH is 1. The minimum Gasteiger partial charge on any atom is -0.387 e. The van der Waals surface area contributed by atoms with Gasteiger partial charge in [-0.05, 0) is 59.5 Å². The highest BCUT2D eigenvalue weighted by molar-refractivity contribution is 5.74. The Morgan fingerprint density at radius 3 is 2.74 bits per heavy atom. The van der Waals surface area contributed by atoms with Gasteiger partial charge in [-0.2, -0.15) is 0 Å². The Balaban J connectivity index is 1.24. The van der Waals surface area contributed by atoms with Crippen molar-refractivity contribution in [1.29, 1.82) is 0 Å². The number of anilines is 2. The molecule has 6 nitrogen and oxygen atoms in total. The molecular formula is C32H41N5O. The van der Waals surface area contributed by atoms with Crippen molar-refractivity contribution in [3.63, 3.8) is 0 Å². The van der Waals surface area contributed by atoms with Crippen LogP contribution >= 0.6 is 0 Å². The normalized spacial score (nSPS) is 18.6. The van der Waals surface area contributed by atoms with E-state index in [1.165, 1.54) is 22.4 Å². The second-order valence-corrected chi connectivity index (χ2v) is 10.4. The van der Waals surface area contributed by atoms with Crippen molar-refractivity contribution in [2.75, 3.05) is 49.9 Å². The Bertz CT molecular complexity index is 1240. The number of allylic oxidation sites excluding steroid dienone is 2. The maximum atomic E-state index is 11.2. The molecule has 38 heavy (non-hydrogen) atoms. The molecule has 2 aromatic carbocycles. The topological polar surface area (TPSA) is 62.8 Å². The summed E-state index contributed by atoms with van der Waals surface area (Å²) in [5.74, 6) is 0. The Hall–Kier alpha value is -3.48. The molecule has 4 N–H and O–H groups in total. The van der Waals surface area contributed by atoms with E-state index in [4.69, 9.17) is 0 Å². The van der Waals surface area contributed by atoms with Crippen molar-refractivity contribution < 1.29 is 5.11 Å². The lowest BCUT2D eigenvalue weighted by molar-refractivity contribution is -0.0217. The van der Waals surface area contributed by atoms with Gasteiger partial charge in [-0.3, -0.25) is 4.90 Å². The third-order valence-electron chi connectivity index (χ3n) is 7.87. The van der Waals surface area contributed by atoms with Gasteiger partial charge in [-0.25, -0.2) is 0 Å². The minimum absolute atomic E-state index is 0.217. The van der Waals surface area contributed by atoms with Crippen LogP contribution in [0.1, 0.15) is 54.3 Å². The molecule has 0 aromatic heterocycles. The van der Waals surface area contributed by atoms with E-state index in [2.05, 4.69) is 101 Å². The molecule has 3 aliphatic rings. The number of benzene rings is 2. The zero-order chi connectivity index (χ0) is 26.5. The molecule has 6 heteroatoms. The number of hydrogen-bond acceptors (Lipinski definition) is 6. The molecule has 0 radical (unpaired) electrons. The van der Waals surface area contributed by atoms with Crippen LogP contribution in [0.4, 0.5) is 11.4 Å². The molecule has 5 rings (SSSR count). The molecule has 1 fully saturated rings. The maximum absolute atomic E-state index is 11.2. The van der Waals surface area contributed by atoms with Crippen molar-refractivity contribution in [3.8, 4) is 0 Å². The highest BCUT2D eigenvalue weighted by Crippen LogP contribution is 2.35. The third kappa shape index (κ3) is 5.66. The first-order chi connectivity index (χ1) is 18.5. The van der Waals surface area contributed by atoms with E-state index in [1.54, 1.807) is 0 Å². The van der Waals surface area contributed by atoms with E-state index in [0.717, 1.165) is 74.6 Å². The number of nitrogens with one attached hydrogen (secondary N) is 3. The van der Waals surface area contributed by atoms with E-state index in [-0.39, 0.29) is 6.04 Å². The summed E-state index contributed by atoms with van der Waals surface area (Å²) in [6.07, 6.45) is 12.0. The molecule has 0 spiro atoms. The van der Waals surface area contributed by atoms with Crippen molar-refractivity contribution >= 4 is 17.5 Å². The fourth-order valence-electron chi connectivity index (χ4n) is 5.67. The molecule has 0 bridgehead atoms. The van der Waals surface area contributed by atoms with Crippen LogP contribution in [0.2, 0.25) is 0 Å². The first kappa shape index (κ1) is 26.1. The highest BCUT2D eigenvalue weighted by Gasteiger charge is 2.26. The van der Waals surface area contributed by atoms with Crippen LogP contribution in [-0.4, -0.2) is 54.2 Å². The smallest absolute Gasteiger partial charge is 0.133 e. The van der Waals surface area contributed by atoms with Gasteiger partial charge in [0.15, 0.2) is 0 Å². The largest absolute Gasteiger partial charge is 0.387 e. The average molecular weight is 512 g/mol. The highest BCUT2D eigenvalue weighted by atomic mass is 16.3. The second kappa shape index (κ2) is 11.9. The van der Waals surface area contributed by atoms with Crippen molar-refractivity contribution in [3.05, 3.63) is 101 Å². The molecule has 0 aliphatic carbocycles. The molecule has 2 aromatic rings. The van der Waals surface area contributed by atoms with Crippen LogP contribution in [0.5, 0.6) is 0 Å². The number of nitrogens with zero attached hydrogens (tertiary/aromatic N) is 2. The lowest BCUT2D eigenvalue weighted by atomic mass is 9.95. The summed E-state index contributed by atoms with van der Waals surface area (Å²) >= 11 is 0. The molecule has 3 heterocycles. The molecule has 3 aliphatic heterocycles. The predicted molar refractivity (Wildman–Crippen MR) is 159 cm³/mol. The first-order valence-corrected chi connectivity index (χ1v) is 13.9. The van der Waals surface area contributed by atoms with Gasteiger partial charge in [-0.1, -0.05) is 68.5 Å². The van der Waals surface area contributed by atoms with Gasteiger partial charge in [-0.15, -0.1) is 0 Å². The minimum atomic E-state index is -0.611. The van der Waals surface area contributed by atoms with Gasteiger partial charge in [0.1, 0.15) is 6.23 Å². The Morgan fingerprint density at radius 2 is 2.00 bits per heavy atom. The summed E-state index contributed by atoms with van der Waals surface area (Å²) < 4.78 is 0. The van der Waals surface area contributed by atoms with E-state index in [1.807, 2.05) is 12.3 Å². The number of fused-ring (bicyclic) bond motifs is 1. The summed E-state index contributed by atoms with van der Waals surface area (Å²) in [6.45, 7) is 13.7. The quantitative estimate of drug-likeness (QED) is 0.354. The number of hydrogen-bond donors (Lipinski definition) is 4. The van der Waals surface area contributed by atoms with Crippen molar-refractivity contribution in [1.82, 2.24) is 15.1 Å². The van der Waals surface area contributed by atoms with E-state index in [0.29, 0.717) is 0 Å². The standard InChI is InChI=1S/C32H41N5O/c1-4-8-30(28-12-5-9-25-10-7-16-34-31(25)28)35-29-14-13-26(21-23(29)2)32(38)37-19-17-36(18-20-37)24(3)27-11-6-15-33-22-27/h5-7,9-15,21,30,32-35,38H,3-4,8,16-20,22H2,1-2H3. The van der Waals surface area contributed by atoms with Gasteiger partial charge in [0, 0.05) is 56.3 Å². The lowest BCUT2D eigenvalue weighted by Crippen LogP contribution is -2.47.